The Morgan fingerprint density at radius 3 is 2.10 bits per heavy atom. The fraction of sp³-hybridized carbons (Fsp3) is 0.286. The first-order valence-corrected chi connectivity index (χ1v) is 14.9. The van der Waals surface area contributed by atoms with Crippen LogP contribution in [-0.4, -0.2) is 55.6 Å². The molecule has 0 aliphatic rings. The van der Waals surface area contributed by atoms with Crippen LogP contribution in [0.5, 0.6) is 0 Å². The highest BCUT2D eigenvalue weighted by Gasteiger charge is 2.33. The lowest BCUT2D eigenvalue weighted by Gasteiger charge is -2.33. The first-order valence-electron chi connectivity index (χ1n) is 12.3. The van der Waals surface area contributed by atoms with Crippen molar-refractivity contribution in [2.75, 3.05) is 20.1 Å². The van der Waals surface area contributed by atoms with Gasteiger partial charge in [-0.3, -0.25) is 9.59 Å². The van der Waals surface area contributed by atoms with E-state index in [1.165, 1.54) is 36.2 Å². The Kier molecular flexibility index (Phi) is 11.2. The highest BCUT2D eigenvalue weighted by atomic mass is 35.5. The van der Waals surface area contributed by atoms with Crippen molar-refractivity contribution in [2.45, 2.75) is 37.2 Å². The quantitative estimate of drug-likeness (QED) is 0.296. The number of benzene rings is 3. The van der Waals surface area contributed by atoms with Gasteiger partial charge in [-0.2, -0.15) is 4.31 Å². The molecule has 0 spiro atoms. The second-order valence-electron chi connectivity index (χ2n) is 8.93. The maximum absolute atomic E-state index is 13.9. The molecule has 0 fully saturated rings. The van der Waals surface area contributed by atoms with Crippen LogP contribution in [0, 0.1) is 0 Å². The average Bonchev–Trinajstić information content (AvgIpc) is 2.91. The van der Waals surface area contributed by atoms with E-state index in [1.54, 1.807) is 18.2 Å². The van der Waals surface area contributed by atoms with Crippen molar-refractivity contribution >= 4 is 56.6 Å². The minimum atomic E-state index is -4.02. The monoisotopic (exact) mass is 609 g/mol. The van der Waals surface area contributed by atoms with Gasteiger partial charge >= 0.3 is 0 Å². The molecule has 39 heavy (non-hydrogen) atoms. The first-order chi connectivity index (χ1) is 18.5. The largest absolute Gasteiger partial charge is 0.354 e. The number of rotatable bonds is 12. The van der Waals surface area contributed by atoms with E-state index in [0.29, 0.717) is 33.6 Å². The van der Waals surface area contributed by atoms with Gasteiger partial charge in [-0.15, -0.1) is 0 Å². The van der Waals surface area contributed by atoms with E-state index >= 15 is 0 Å². The summed E-state index contributed by atoms with van der Waals surface area (Å²) in [4.78, 5) is 28.6. The van der Waals surface area contributed by atoms with Gasteiger partial charge in [0, 0.05) is 47.2 Å². The van der Waals surface area contributed by atoms with E-state index in [1.807, 2.05) is 37.3 Å². The molecule has 0 aliphatic heterocycles. The van der Waals surface area contributed by atoms with Gasteiger partial charge in [0.15, 0.2) is 0 Å². The fourth-order valence-corrected chi connectivity index (χ4v) is 5.69. The maximum Gasteiger partial charge on any atom is 0.243 e. The van der Waals surface area contributed by atoms with Crippen molar-refractivity contribution < 1.29 is 18.0 Å². The lowest BCUT2D eigenvalue weighted by Crippen LogP contribution is -2.53. The third-order valence-corrected chi connectivity index (χ3v) is 8.87. The molecule has 2 amide bonds. The summed E-state index contributed by atoms with van der Waals surface area (Å²) in [6.07, 6.45) is 0.911. The zero-order chi connectivity index (χ0) is 28.6. The van der Waals surface area contributed by atoms with E-state index in [9.17, 15) is 18.0 Å². The number of hydrogen-bond acceptors (Lipinski definition) is 4. The Balaban J connectivity index is 2.00. The van der Waals surface area contributed by atoms with Crippen LogP contribution in [0.25, 0.3) is 0 Å². The molecule has 11 heteroatoms. The second-order valence-corrected chi connectivity index (χ2v) is 12.2. The Labute approximate surface area is 244 Å². The first kappa shape index (κ1) is 30.9. The molecule has 1 N–H and O–H groups in total. The normalized spacial score (nSPS) is 12.3. The van der Waals surface area contributed by atoms with Crippen molar-refractivity contribution in [3.63, 3.8) is 0 Å². The van der Waals surface area contributed by atoms with Crippen molar-refractivity contribution in [2.24, 2.45) is 0 Å². The number of nitrogens with zero attached hydrogens (tertiary/aromatic N) is 2. The fourth-order valence-electron chi connectivity index (χ4n) is 3.93. The highest BCUT2D eigenvalue weighted by molar-refractivity contribution is 7.89. The van der Waals surface area contributed by atoms with Gasteiger partial charge in [0.2, 0.25) is 21.8 Å². The molecule has 7 nitrogen and oxygen atoms in total. The zero-order valence-electron chi connectivity index (χ0n) is 21.6. The molecule has 208 valence electrons. The van der Waals surface area contributed by atoms with Crippen LogP contribution in [0.1, 0.15) is 24.5 Å². The molecule has 0 aliphatic carbocycles. The molecule has 1 atom stereocenters. The SMILES string of the molecule is CCCNC(=O)C(Cc1ccccc1)N(Cc1c(Cl)cccc1Cl)C(=O)CN(C)S(=O)(=O)c1ccc(Cl)cc1. The standard InChI is InChI=1S/C28H30Cl3N3O4S/c1-3-16-32-28(36)26(17-20-8-5-4-6-9-20)34(18-23-24(30)10-7-11-25(23)31)27(35)19-33(2)39(37,38)22-14-12-21(29)13-15-22/h4-15,26H,3,16-19H2,1-2H3,(H,32,36). The van der Waals surface area contributed by atoms with Crippen LogP contribution >= 0.6 is 34.8 Å². The van der Waals surface area contributed by atoms with E-state index in [4.69, 9.17) is 34.8 Å². The summed E-state index contributed by atoms with van der Waals surface area (Å²) in [7, 11) is -2.71. The summed E-state index contributed by atoms with van der Waals surface area (Å²) in [5, 5.41) is 3.92. The van der Waals surface area contributed by atoms with Crippen molar-refractivity contribution in [1.29, 1.82) is 0 Å². The Morgan fingerprint density at radius 1 is 0.897 bits per heavy atom. The van der Waals surface area contributed by atoms with E-state index in [-0.39, 0.29) is 23.8 Å². The number of sulfonamides is 1. The molecule has 0 saturated heterocycles. The summed E-state index contributed by atoms with van der Waals surface area (Å²) in [6, 6.07) is 19.0. The van der Waals surface area contributed by atoms with Gasteiger partial charge in [-0.1, -0.05) is 78.1 Å². The molecule has 3 aromatic rings. The summed E-state index contributed by atoms with van der Waals surface area (Å²) >= 11 is 18.8. The minimum absolute atomic E-state index is 0.00979. The smallest absolute Gasteiger partial charge is 0.243 e. The highest BCUT2D eigenvalue weighted by Crippen LogP contribution is 2.27. The van der Waals surface area contributed by atoms with E-state index in [2.05, 4.69) is 5.32 Å². The topological polar surface area (TPSA) is 86.8 Å². The number of amides is 2. The predicted octanol–water partition coefficient (Wildman–Crippen LogP) is 5.43. The molecule has 0 saturated carbocycles. The van der Waals surface area contributed by atoms with E-state index in [0.717, 1.165) is 9.87 Å². The second kappa shape index (κ2) is 14.1. The number of carbonyl (C=O) groups is 2. The number of nitrogens with one attached hydrogen (secondary N) is 1. The van der Waals surface area contributed by atoms with Crippen molar-refractivity contribution in [3.05, 3.63) is 99.0 Å². The van der Waals surface area contributed by atoms with Gasteiger partial charge in [0.1, 0.15) is 6.04 Å². The Hall–Kier alpha value is -2.62. The van der Waals surface area contributed by atoms with Gasteiger partial charge in [0.05, 0.1) is 11.4 Å². The summed E-state index contributed by atoms with van der Waals surface area (Å²) in [6.45, 7) is 1.74. The van der Waals surface area contributed by atoms with Crippen molar-refractivity contribution in [3.8, 4) is 0 Å². The van der Waals surface area contributed by atoms with Crippen LogP contribution < -0.4 is 5.32 Å². The third kappa shape index (κ3) is 8.19. The van der Waals surface area contributed by atoms with Crippen LogP contribution in [0.3, 0.4) is 0 Å². The summed E-state index contributed by atoms with van der Waals surface area (Å²) < 4.78 is 27.3. The number of likely N-dealkylation sites (N-methyl/N-ethyl adjacent to an activating group) is 1. The molecule has 0 radical (unpaired) electrons. The van der Waals surface area contributed by atoms with Crippen molar-refractivity contribution in [1.82, 2.24) is 14.5 Å². The predicted molar refractivity (Wildman–Crippen MR) is 156 cm³/mol. The molecule has 3 rings (SSSR count). The summed E-state index contributed by atoms with van der Waals surface area (Å²) in [5.41, 5.74) is 1.29. The molecule has 1 unspecified atom stereocenters. The zero-order valence-corrected chi connectivity index (χ0v) is 24.7. The lowest BCUT2D eigenvalue weighted by molar-refractivity contribution is -0.141. The number of carbonyl (C=O) groups excluding carboxylic acids is 2. The van der Waals surface area contributed by atoms with E-state index < -0.39 is 28.5 Å². The van der Waals surface area contributed by atoms with Gasteiger partial charge in [0.25, 0.3) is 0 Å². The van der Waals surface area contributed by atoms with Crippen LogP contribution in [0.2, 0.25) is 15.1 Å². The van der Waals surface area contributed by atoms with Gasteiger partial charge in [-0.05, 0) is 48.4 Å². The lowest BCUT2D eigenvalue weighted by atomic mass is 10.0. The maximum atomic E-state index is 13.9. The van der Waals surface area contributed by atoms with Crippen LogP contribution in [0.15, 0.2) is 77.7 Å². The van der Waals surface area contributed by atoms with Crippen LogP contribution in [0.4, 0.5) is 0 Å². The van der Waals surface area contributed by atoms with Gasteiger partial charge < -0.3 is 10.2 Å². The number of halogens is 3. The molecule has 3 aromatic carbocycles. The Bertz CT molecular complexity index is 1370. The van der Waals surface area contributed by atoms with Crippen LogP contribution in [-0.2, 0) is 32.6 Å². The molecule has 0 bridgehead atoms. The molecular formula is C28H30Cl3N3O4S. The minimum Gasteiger partial charge on any atom is -0.354 e. The molecule has 0 heterocycles. The van der Waals surface area contributed by atoms with Gasteiger partial charge in [-0.25, -0.2) is 8.42 Å². The number of hydrogen-bond donors (Lipinski definition) is 1. The third-order valence-electron chi connectivity index (χ3n) is 6.09. The summed E-state index contributed by atoms with van der Waals surface area (Å²) in [5.74, 6) is -0.945. The molecular weight excluding hydrogens is 581 g/mol. The average molecular weight is 611 g/mol. The Morgan fingerprint density at radius 2 is 1.51 bits per heavy atom. The molecule has 0 aromatic heterocycles.